The van der Waals surface area contributed by atoms with Crippen LogP contribution in [0.25, 0.3) is 0 Å². The number of benzene rings is 2. The molecule has 0 atom stereocenters. The minimum atomic E-state index is -0.292. The molecule has 2 rings (SSSR count). The minimum absolute atomic E-state index is 0.148. The van der Waals surface area contributed by atoms with Gasteiger partial charge in [-0.25, -0.2) is 4.39 Å². The molecule has 2 aromatic rings. The number of hydrogen-bond donors (Lipinski definition) is 0. The van der Waals surface area contributed by atoms with E-state index in [1.54, 1.807) is 43.3 Å². The van der Waals surface area contributed by atoms with E-state index in [9.17, 15) is 9.18 Å². The summed E-state index contributed by atoms with van der Waals surface area (Å²) in [5.74, 6) is 0.0315. The summed E-state index contributed by atoms with van der Waals surface area (Å²) in [5.41, 5.74) is 1.30. The third-order valence-electron chi connectivity index (χ3n) is 2.90. The zero-order valence-electron chi connectivity index (χ0n) is 11.8. The lowest BCUT2D eigenvalue weighted by atomic mass is 10.1. The first-order valence-corrected chi connectivity index (χ1v) is 6.80. The smallest absolute Gasteiger partial charge is 0.310 e. The highest BCUT2D eigenvalue weighted by molar-refractivity contribution is 5.72. The van der Waals surface area contributed by atoms with E-state index in [-0.39, 0.29) is 24.8 Å². The zero-order chi connectivity index (χ0) is 15.1. The van der Waals surface area contributed by atoms with Crippen molar-refractivity contribution >= 4 is 5.97 Å². The predicted octanol–water partition coefficient (Wildman–Crippen LogP) is 3.51. The Balaban J connectivity index is 1.98. The van der Waals surface area contributed by atoms with E-state index in [0.29, 0.717) is 17.9 Å². The van der Waals surface area contributed by atoms with Crippen molar-refractivity contribution < 1.29 is 18.7 Å². The molecular weight excluding hydrogens is 271 g/mol. The standard InChI is InChI=1S/C17H17FO3/c1-2-20-17(19)11-13-6-5-8-15(10-13)21-12-14-7-3-4-9-16(14)18/h3-10H,2,11-12H2,1H3. The van der Waals surface area contributed by atoms with Crippen LogP contribution in [-0.2, 0) is 22.6 Å². The molecule has 0 fully saturated rings. The normalized spacial score (nSPS) is 10.2. The molecule has 0 N–H and O–H groups in total. The molecule has 0 aliphatic rings. The van der Waals surface area contributed by atoms with E-state index in [4.69, 9.17) is 9.47 Å². The first-order valence-electron chi connectivity index (χ1n) is 6.80. The van der Waals surface area contributed by atoms with Crippen molar-refractivity contribution in [2.45, 2.75) is 20.0 Å². The highest BCUT2D eigenvalue weighted by Gasteiger charge is 2.06. The summed E-state index contributed by atoms with van der Waals surface area (Å²) in [4.78, 5) is 11.4. The lowest BCUT2D eigenvalue weighted by molar-refractivity contribution is -0.142. The monoisotopic (exact) mass is 288 g/mol. The highest BCUT2D eigenvalue weighted by atomic mass is 19.1. The second-order valence-corrected chi connectivity index (χ2v) is 4.51. The third kappa shape index (κ3) is 4.60. The Hall–Kier alpha value is -2.36. The molecule has 21 heavy (non-hydrogen) atoms. The fourth-order valence-corrected chi connectivity index (χ4v) is 1.90. The summed E-state index contributed by atoms with van der Waals surface area (Å²) >= 11 is 0. The Kier molecular flexibility index (Phi) is 5.32. The Bertz CT molecular complexity index is 610. The van der Waals surface area contributed by atoms with E-state index in [2.05, 4.69) is 0 Å². The van der Waals surface area contributed by atoms with E-state index >= 15 is 0 Å². The van der Waals surface area contributed by atoms with Gasteiger partial charge in [0.15, 0.2) is 0 Å². The quantitative estimate of drug-likeness (QED) is 0.763. The first-order chi connectivity index (χ1) is 10.2. The van der Waals surface area contributed by atoms with Crippen LogP contribution in [0.4, 0.5) is 4.39 Å². The van der Waals surface area contributed by atoms with Crippen LogP contribution in [0.5, 0.6) is 5.75 Å². The second kappa shape index (κ2) is 7.43. The molecule has 0 heterocycles. The molecular formula is C17H17FO3. The summed E-state index contributed by atoms with van der Waals surface area (Å²) in [6.07, 6.45) is 0.199. The maximum Gasteiger partial charge on any atom is 0.310 e. The molecule has 0 radical (unpaired) electrons. The number of rotatable bonds is 6. The highest BCUT2D eigenvalue weighted by Crippen LogP contribution is 2.17. The summed E-state index contributed by atoms with van der Waals surface area (Å²) in [6, 6.07) is 13.6. The van der Waals surface area contributed by atoms with Crippen LogP contribution >= 0.6 is 0 Å². The van der Waals surface area contributed by atoms with Crippen molar-refractivity contribution in [1.82, 2.24) is 0 Å². The molecule has 3 nitrogen and oxygen atoms in total. The molecule has 110 valence electrons. The van der Waals surface area contributed by atoms with Gasteiger partial charge in [-0.1, -0.05) is 30.3 Å². The Morgan fingerprint density at radius 3 is 2.71 bits per heavy atom. The molecule has 4 heteroatoms. The number of halogens is 1. The molecule has 0 saturated carbocycles. The number of ether oxygens (including phenoxy) is 2. The van der Waals surface area contributed by atoms with Gasteiger partial charge in [0, 0.05) is 5.56 Å². The van der Waals surface area contributed by atoms with Gasteiger partial charge in [0.05, 0.1) is 13.0 Å². The summed E-state index contributed by atoms with van der Waals surface area (Å²) in [7, 11) is 0. The average molecular weight is 288 g/mol. The van der Waals surface area contributed by atoms with E-state index in [1.807, 2.05) is 6.07 Å². The van der Waals surface area contributed by atoms with Crippen molar-refractivity contribution in [3.63, 3.8) is 0 Å². The molecule has 0 saturated heterocycles. The molecule has 0 bridgehead atoms. The molecule has 0 aliphatic carbocycles. The average Bonchev–Trinajstić information content (AvgIpc) is 2.47. The Morgan fingerprint density at radius 2 is 1.95 bits per heavy atom. The summed E-state index contributed by atoms with van der Waals surface area (Å²) < 4.78 is 24.0. The zero-order valence-corrected chi connectivity index (χ0v) is 11.8. The van der Waals surface area contributed by atoms with Crippen molar-refractivity contribution in [3.8, 4) is 5.75 Å². The third-order valence-corrected chi connectivity index (χ3v) is 2.90. The summed E-state index contributed by atoms with van der Waals surface area (Å²) in [6.45, 7) is 2.28. The van der Waals surface area contributed by atoms with Crippen molar-refractivity contribution in [2.75, 3.05) is 6.61 Å². The van der Waals surface area contributed by atoms with E-state index in [0.717, 1.165) is 5.56 Å². The fourth-order valence-electron chi connectivity index (χ4n) is 1.90. The van der Waals surface area contributed by atoms with Gasteiger partial charge in [-0.2, -0.15) is 0 Å². The molecule has 0 spiro atoms. The van der Waals surface area contributed by atoms with Crippen LogP contribution in [0.3, 0.4) is 0 Å². The van der Waals surface area contributed by atoms with Crippen molar-refractivity contribution in [2.24, 2.45) is 0 Å². The first kappa shape index (κ1) is 15.0. The number of carbonyl (C=O) groups is 1. The van der Waals surface area contributed by atoms with Crippen LogP contribution in [0.1, 0.15) is 18.1 Å². The summed E-state index contributed by atoms with van der Waals surface area (Å²) in [5, 5.41) is 0. The number of esters is 1. The van der Waals surface area contributed by atoms with Gasteiger partial charge in [0.25, 0.3) is 0 Å². The van der Waals surface area contributed by atoms with Gasteiger partial charge >= 0.3 is 5.97 Å². The van der Waals surface area contributed by atoms with Crippen LogP contribution < -0.4 is 4.74 Å². The minimum Gasteiger partial charge on any atom is -0.489 e. The van der Waals surface area contributed by atoms with Crippen LogP contribution in [0.15, 0.2) is 48.5 Å². The van der Waals surface area contributed by atoms with Gasteiger partial charge in [-0.15, -0.1) is 0 Å². The largest absolute Gasteiger partial charge is 0.489 e. The Morgan fingerprint density at radius 1 is 1.14 bits per heavy atom. The molecule has 0 amide bonds. The molecule has 0 aromatic heterocycles. The van der Waals surface area contributed by atoms with Crippen LogP contribution in [0.2, 0.25) is 0 Å². The second-order valence-electron chi connectivity index (χ2n) is 4.51. The molecule has 0 aliphatic heterocycles. The van der Waals surface area contributed by atoms with Crippen LogP contribution in [0, 0.1) is 5.82 Å². The topological polar surface area (TPSA) is 35.5 Å². The van der Waals surface area contributed by atoms with Gasteiger partial charge in [-0.3, -0.25) is 4.79 Å². The molecule has 0 unspecified atom stereocenters. The fraction of sp³-hybridized carbons (Fsp3) is 0.235. The van der Waals surface area contributed by atoms with Gasteiger partial charge in [-0.05, 0) is 30.7 Å². The van der Waals surface area contributed by atoms with Gasteiger partial charge < -0.3 is 9.47 Å². The predicted molar refractivity (Wildman–Crippen MR) is 77.5 cm³/mol. The van der Waals surface area contributed by atoms with Crippen molar-refractivity contribution in [3.05, 3.63) is 65.5 Å². The number of carbonyl (C=O) groups excluding carboxylic acids is 1. The molecule has 2 aromatic carbocycles. The van der Waals surface area contributed by atoms with E-state index in [1.165, 1.54) is 6.07 Å². The Labute approximate surface area is 123 Å². The maximum absolute atomic E-state index is 13.5. The van der Waals surface area contributed by atoms with Crippen LogP contribution in [-0.4, -0.2) is 12.6 Å². The lowest BCUT2D eigenvalue weighted by Gasteiger charge is -2.08. The van der Waals surface area contributed by atoms with Gasteiger partial charge in [0.1, 0.15) is 18.2 Å². The number of hydrogen-bond acceptors (Lipinski definition) is 3. The maximum atomic E-state index is 13.5. The lowest BCUT2D eigenvalue weighted by Crippen LogP contribution is -2.07. The van der Waals surface area contributed by atoms with Gasteiger partial charge in [0.2, 0.25) is 0 Å². The van der Waals surface area contributed by atoms with E-state index < -0.39 is 0 Å². The van der Waals surface area contributed by atoms with Crippen molar-refractivity contribution in [1.29, 1.82) is 0 Å². The SMILES string of the molecule is CCOC(=O)Cc1cccc(OCc2ccccc2F)c1.